The highest BCUT2D eigenvalue weighted by atomic mass is 15.2. The summed E-state index contributed by atoms with van der Waals surface area (Å²) in [7, 11) is 1.95. The summed E-state index contributed by atoms with van der Waals surface area (Å²) in [6.07, 6.45) is 5.06. The van der Waals surface area contributed by atoms with E-state index in [4.69, 9.17) is 0 Å². The molecule has 0 saturated heterocycles. The summed E-state index contributed by atoms with van der Waals surface area (Å²) >= 11 is 0. The lowest BCUT2D eigenvalue weighted by Crippen LogP contribution is -2.04. The Hall–Kier alpha value is -1.77. The minimum Gasteiger partial charge on any atom is -0.378 e. The molecule has 76 valence electrons. The fourth-order valence-electron chi connectivity index (χ4n) is 2.12. The van der Waals surface area contributed by atoms with Crippen molar-refractivity contribution in [3.63, 3.8) is 0 Å². The lowest BCUT2D eigenvalue weighted by molar-refractivity contribution is 0.763. The van der Waals surface area contributed by atoms with Crippen LogP contribution >= 0.6 is 0 Å². The number of fused-ring (bicyclic) bond motifs is 1. The molecule has 15 heavy (non-hydrogen) atoms. The third kappa shape index (κ3) is 1.40. The predicted molar refractivity (Wildman–Crippen MR) is 59.7 cm³/mol. The van der Waals surface area contributed by atoms with Gasteiger partial charge in [0.2, 0.25) is 0 Å². The monoisotopic (exact) mass is 199 g/mol. The van der Waals surface area contributed by atoms with Gasteiger partial charge in [-0.3, -0.25) is 4.68 Å². The topological polar surface area (TPSA) is 29.9 Å². The maximum Gasteiger partial charge on any atom is 0.0586 e. The quantitative estimate of drug-likeness (QED) is 0.762. The van der Waals surface area contributed by atoms with Crippen LogP contribution in [-0.2, 0) is 13.5 Å². The van der Waals surface area contributed by atoms with Crippen molar-refractivity contribution in [2.75, 3.05) is 5.32 Å². The van der Waals surface area contributed by atoms with Gasteiger partial charge in [0.25, 0.3) is 0 Å². The van der Waals surface area contributed by atoms with Gasteiger partial charge in [0, 0.05) is 24.5 Å². The van der Waals surface area contributed by atoms with Crippen molar-refractivity contribution in [2.45, 2.75) is 12.5 Å². The molecular formula is C12H13N3. The molecule has 0 bridgehead atoms. The zero-order chi connectivity index (χ0) is 10.3. The highest BCUT2D eigenvalue weighted by Crippen LogP contribution is 2.33. The molecule has 0 fully saturated rings. The molecule has 1 N–H and O–H groups in total. The number of aryl methyl sites for hydroxylation is 1. The Morgan fingerprint density at radius 2 is 2.27 bits per heavy atom. The third-order valence-corrected chi connectivity index (χ3v) is 2.90. The van der Waals surface area contributed by atoms with Crippen molar-refractivity contribution in [1.29, 1.82) is 0 Å². The summed E-state index contributed by atoms with van der Waals surface area (Å²) in [5.74, 6) is 0. The van der Waals surface area contributed by atoms with Gasteiger partial charge in [0.15, 0.2) is 0 Å². The molecule has 1 aromatic heterocycles. The zero-order valence-corrected chi connectivity index (χ0v) is 8.64. The highest BCUT2D eigenvalue weighted by molar-refractivity contribution is 5.57. The first-order valence-electron chi connectivity index (χ1n) is 5.16. The van der Waals surface area contributed by atoms with Gasteiger partial charge >= 0.3 is 0 Å². The normalized spacial score (nSPS) is 18.6. The van der Waals surface area contributed by atoms with Crippen LogP contribution in [0.3, 0.4) is 0 Å². The summed E-state index contributed by atoms with van der Waals surface area (Å²) in [6.45, 7) is 0. The highest BCUT2D eigenvalue weighted by Gasteiger charge is 2.22. The molecule has 0 saturated carbocycles. The molecular weight excluding hydrogens is 186 g/mol. The van der Waals surface area contributed by atoms with Gasteiger partial charge in [0.1, 0.15) is 0 Å². The van der Waals surface area contributed by atoms with Crippen LogP contribution in [0.2, 0.25) is 0 Å². The number of anilines is 1. The number of hydrogen-bond donors (Lipinski definition) is 1. The second-order valence-corrected chi connectivity index (χ2v) is 4.01. The average molecular weight is 199 g/mol. The number of nitrogens with zero attached hydrogens (tertiary/aromatic N) is 2. The van der Waals surface area contributed by atoms with Crippen molar-refractivity contribution < 1.29 is 0 Å². The number of rotatable bonds is 1. The molecule has 3 nitrogen and oxygen atoms in total. The molecule has 1 atom stereocenters. The molecule has 1 unspecified atom stereocenters. The maximum absolute atomic E-state index is 4.20. The molecule has 1 aromatic carbocycles. The standard InChI is InChI=1S/C12H13N3/c1-15-8-10(7-13-15)12-6-9-4-2-3-5-11(9)14-12/h2-5,7-8,12,14H,6H2,1H3. The van der Waals surface area contributed by atoms with Crippen LogP contribution in [0.5, 0.6) is 0 Å². The molecule has 0 spiro atoms. The van der Waals surface area contributed by atoms with E-state index in [9.17, 15) is 0 Å². The SMILES string of the molecule is Cn1cc(C2Cc3ccccc3N2)cn1. The van der Waals surface area contributed by atoms with Gasteiger partial charge in [-0.1, -0.05) is 18.2 Å². The van der Waals surface area contributed by atoms with E-state index in [-0.39, 0.29) is 0 Å². The minimum absolute atomic E-state index is 0.385. The van der Waals surface area contributed by atoms with Gasteiger partial charge in [-0.25, -0.2) is 0 Å². The Bertz CT molecular complexity index is 462. The van der Waals surface area contributed by atoms with E-state index >= 15 is 0 Å². The fraction of sp³-hybridized carbons (Fsp3) is 0.250. The van der Waals surface area contributed by atoms with Crippen LogP contribution in [0.25, 0.3) is 0 Å². The van der Waals surface area contributed by atoms with E-state index in [1.807, 2.05) is 17.9 Å². The van der Waals surface area contributed by atoms with E-state index in [0.717, 1.165) is 6.42 Å². The van der Waals surface area contributed by atoms with Crippen molar-refractivity contribution >= 4 is 5.69 Å². The number of benzene rings is 1. The van der Waals surface area contributed by atoms with Crippen LogP contribution in [0.15, 0.2) is 36.7 Å². The van der Waals surface area contributed by atoms with Crippen LogP contribution in [0.1, 0.15) is 17.2 Å². The Kier molecular flexibility index (Phi) is 1.78. The minimum atomic E-state index is 0.385. The van der Waals surface area contributed by atoms with Crippen molar-refractivity contribution in [3.8, 4) is 0 Å². The van der Waals surface area contributed by atoms with E-state index in [1.165, 1.54) is 16.8 Å². The number of hydrogen-bond acceptors (Lipinski definition) is 2. The molecule has 0 amide bonds. The van der Waals surface area contributed by atoms with E-state index in [2.05, 4.69) is 40.9 Å². The Labute approximate surface area is 88.7 Å². The summed E-state index contributed by atoms with van der Waals surface area (Å²) in [6, 6.07) is 8.85. The van der Waals surface area contributed by atoms with Gasteiger partial charge in [-0.05, 0) is 18.1 Å². The molecule has 2 heterocycles. The Morgan fingerprint density at radius 1 is 1.40 bits per heavy atom. The summed E-state index contributed by atoms with van der Waals surface area (Å²) < 4.78 is 1.85. The van der Waals surface area contributed by atoms with Gasteiger partial charge in [0.05, 0.1) is 12.2 Å². The van der Waals surface area contributed by atoms with Gasteiger partial charge in [-0.15, -0.1) is 0 Å². The van der Waals surface area contributed by atoms with Gasteiger partial charge in [-0.2, -0.15) is 5.10 Å². The third-order valence-electron chi connectivity index (χ3n) is 2.90. The second kappa shape index (κ2) is 3.12. The maximum atomic E-state index is 4.20. The van der Waals surface area contributed by atoms with Crippen LogP contribution < -0.4 is 5.32 Å². The Morgan fingerprint density at radius 3 is 3.00 bits per heavy atom. The van der Waals surface area contributed by atoms with Crippen LogP contribution in [0.4, 0.5) is 5.69 Å². The number of para-hydroxylation sites is 1. The summed E-state index contributed by atoms with van der Waals surface area (Å²) in [5, 5.41) is 7.71. The second-order valence-electron chi connectivity index (χ2n) is 4.01. The first kappa shape index (κ1) is 8.53. The molecule has 0 radical (unpaired) electrons. The smallest absolute Gasteiger partial charge is 0.0586 e. The number of aromatic nitrogens is 2. The van der Waals surface area contributed by atoms with Crippen LogP contribution in [-0.4, -0.2) is 9.78 Å². The molecule has 0 aliphatic carbocycles. The zero-order valence-electron chi connectivity index (χ0n) is 8.64. The largest absolute Gasteiger partial charge is 0.378 e. The first-order chi connectivity index (χ1) is 7.33. The first-order valence-corrected chi connectivity index (χ1v) is 5.16. The molecule has 3 heteroatoms. The molecule has 2 aromatic rings. The summed E-state index contributed by atoms with van der Waals surface area (Å²) in [4.78, 5) is 0. The van der Waals surface area contributed by atoms with E-state index in [0.29, 0.717) is 6.04 Å². The number of nitrogens with one attached hydrogen (secondary N) is 1. The van der Waals surface area contributed by atoms with E-state index < -0.39 is 0 Å². The van der Waals surface area contributed by atoms with Crippen molar-refractivity contribution in [2.24, 2.45) is 7.05 Å². The Balaban J connectivity index is 1.90. The fourth-order valence-corrected chi connectivity index (χ4v) is 2.12. The molecule has 1 aliphatic heterocycles. The summed E-state index contributed by atoms with van der Waals surface area (Å²) in [5.41, 5.74) is 3.91. The molecule has 1 aliphatic rings. The lowest BCUT2D eigenvalue weighted by Gasteiger charge is -2.07. The van der Waals surface area contributed by atoms with Gasteiger partial charge < -0.3 is 5.32 Å². The predicted octanol–water partition coefficient (Wildman–Crippen LogP) is 2.13. The van der Waals surface area contributed by atoms with Crippen LogP contribution in [0, 0.1) is 0 Å². The average Bonchev–Trinajstić information content (AvgIpc) is 2.82. The molecule has 3 rings (SSSR count). The van der Waals surface area contributed by atoms with Crippen molar-refractivity contribution in [3.05, 3.63) is 47.8 Å². The van der Waals surface area contributed by atoms with Crippen molar-refractivity contribution in [1.82, 2.24) is 9.78 Å². The lowest BCUT2D eigenvalue weighted by atomic mass is 10.1. The van der Waals surface area contributed by atoms with E-state index in [1.54, 1.807) is 0 Å².